The van der Waals surface area contributed by atoms with Gasteiger partial charge in [-0.05, 0) is 35.7 Å². The molecule has 0 aliphatic carbocycles. The van der Waals surface area contributed by atoms with Crippen molar-refractivity contribution in [1.29, 1.82) is 0 Å². The van der Waals surface area contributed by atoms with Gasteiger partial charge in [-0.3, -0.25) is 4.79 Å². The van der Waals surface area contributed by atoms with Crippen molar-refractivity contribution in [3.63, 3.8) is 0 Å². The second kappa shape index (κ2) is 4.74. The van der Waals surface area contributed by atoms with Crippen LogP contribution in [0.4, 0.5) is 0 Å². The van der Waals surface area contributed by atoms with Crippen LogP contribution >= 0.6 is 0 Å². The highest BCUT2D eigenvalue weighted by Gasteiger charge is 2.09. The summed E-state index contributed by atoms with van der Waals surface area (Å²) in [5.41, 5.74) is 7.62. The number of carbonyl (C=O) groups is 1. The van der Waals surface area contributed by atoms with Gasteiger partial charge >= 0.3 is 0 Å². The predicted molar refractivity (Wildman–Crippen MR) is 77.2 cm³/mol. The summed E-state index contributed by atoms with van der Waals surface area (Å²) in [4.78, 5) is 11.4. The number of fused-ring (bicyclic) bond motifs is 1. The Morgan fingerprint density at radius 3 is 2.90 bits per heavy atom. The highest BCUT2D eigenvalue weighted by Crippen LogP contribution is 2.24. The Kier molecular flexibility index (Phi) is 2.91. The third-order valence-corrected chi connectivity index (χ3v) is 3.23. The molecule has 0 spiro atoms. The van der Waals surface area contributed by atoms with Crippen LogP contribution in [0.1, 0.15) is 10.4 Å². The zero-order valence-corrected chi connectivity index (χ0v) is 11.0. The minimum absolute atomic E-state index is 0.418. The monoisotopic (exact) mass is 265 g/mol. The van der Waals surface area contributed by atoms with Crippen molar-refractivity contribution >= 4 is 16.8 Å². The second-order valence-corrected chi connectivity index (χ2v) is 4.45. The van der Waals surface area contributed by atoms with Crippen molar-refractivity contribution in [2.24, 2.45) is 5.73 Å². The fourth-order valence-corrected chi connectivity index (χ4v) is 2.23. The van der Waals surface area contributed by atoms with Gasteiger partial charge in [-0.25, -0.2) is 0 Å². The predicted octanol–water partition coefficient (Wildman–Crippen LogP) is 2.54. The molecule has 0 fully saturated rings. The standard InChI is InChI=1S/C16H13N2O2/c1-20-14-9-12(16(17)19)8-13(10-14)18-7-6-11-4-2-3-5-15(11)18/h2,4-10H,1H3,(H2,17,19). The van der Waals surface area contributed by atoms with Gasteiger partial charge in [-0.15, -0.1) is 0 Å². The van der Waals surface area contributed by atoms with E-state index < -0.39 is 5.91 Å². The number of nitrogens with two attached hydrogens (primary N) is 1. The summed E-state index contributed by atoms with van der Waals surface area (Å²) in [5, 5.41) is 1.10. The molecular weight excluding hydrogens is 252 g/mol. The van der Waals surface area contributed by atoms with Gasteiger partial charge in [0, 0.05) is 17.8 Å². The summed E-state index contributed by atoms with van der Waals surface area (Å²) >= 11 is 0. The maximum Gasteiger partial charge on any atom is 0.248 e. The van der Waals surface area contributed by atoms with Crippen LogP contribution in [0.2, 0.25) is 0 Å². The van der Waals surface area contributed by atoms with E-state index in [9.17, 15) is 4.79 Å². The molecule has 20 heavy (non-hydrogen) atoms. The summed E-state index contributed by atoms with van der Waals surface area (Å²) in [5.74, 6) is 0.117. The summed E-state index contributed by atoms with van der Waals surface area (Å²) in [7, 11) is 1.56. The van der Waals surface area contributed by atoms with E-state index in [-0.39, 0.29) is 0 Å². The number of amides is 1. The van der Waals surface area contributed by atoms with Gasteiger partial charge in [0.1, 0.15) is 5.75 Å². The molecule has 99 valence electrons. The summed E-state index contributed by atoms with van der Waals surface area (Å²) in [6.07, 6.45) is 1.94. The number of methoxy groups -OCH3 is 1. The fraction of sp³-hybridized carbons (Fsp3) is 0.0625. The number of benzene rings is 2. The smallest absolute Gasteiger partial charge is 0.248 e. The van der Waals surface area contributed by atoms with Gasteiger partial charge in [-0.1, -0.05) is 12.1 Å². The highest BCUT2D eigenvalue weighted by atomic mass is 16.5. The number of aromatic nitrogens is 1. The fourth-order valence-electron chi connectivity index (χ4n) is 2.23. The molecule has 0 saturated heterocycles. The molecule has 1 aromatic heterocycles. The van der Waals surface area contributed by atoms with Crippen LogP contribution in [-0.2, 0) is 0 Å². The van der Waals surface area contributed by atoms with E-state index in [0.717, 1.165) is 16.6 Å². The zero-order chi connectivity index (χ0) is 14.1. The van der Waals surface area contributed by atoms with E-state index in [1.165, 1.54) is 0 Å². The Morgan fingerprint density at radius 2 is 2.15 bits per heavy atom. The van der Waals surface area contributed by atoms with Gasteiger partial charge in [0.2, 0.25) is 5.91 Å². The van der Waals surface area contributed by atoms with Gasteiger partial charge in [-0.2, -0.15) is 0 Å². The van der Waals surface area contributed by atoms with Crippen LogP contribution in [0.5, 0.6) is 5.75 Å². The first-order valence-electron chi connectivity index (χ1n) is 6.15. The first-order valence-corrected chi connectivity index (χ1v) is 6.15. The van der Waals surface area contributed by atoms with Crippen LogP contribution in [0, 0.1) is 6.07 Å². The lowest BCUT2D eigenvalue weighted by Crippen LogP contribution is -2.11. The maximum atomic E-state index is 11.4. The average Bonchev–Trinajstić information content (AvgIpc) is 2.90. The van der Waals surface area contributed by atoms with E-state index in [0.29, 0.717) is 11.3 Å². The van der Waals surface area contributed by atoms with Gasteiger partial charge in [0.05, 0.1) is 18.3 Å². The van der Waals surface area contributed by atoms with Crippen LogP contribution in [0.25, 0.3) is 16.6 Å². The van der Waals surface area contributed by atoms with Crippen molar-refractivity contribution in [3.05, 3.63) is 60.3 Å². The summed E-state index contributed by atoms with van der Waals surface area (Å²) in [6, 6.07) is 16.1. The molecule has 4 nitrogen and oxygen atoms in total. The molecule has 1 radical (unpaired) electrons. The van der Waals surface area contributed by atoms with E-state index in [1.54, 1.807) is 19.2 Å². The third kappa shape index (κ3) is 2.01. The molecule has 0 unspecified atom stereocenters. The Morgan fingerprint density at radius 1 is 1.30 bits per heavy atom. The van der Waals surface area contributed by atoms with Crippen LogP contribution in [0.15, 0.2) is 48.7 Å². The molecule has 1 amide bonds. The number of ether oxygens (including phenoxy) is 1. The summed E-state index contributed by atoms with van der Waals surface area (Å²) in [6.45, 7) is 0. The molecule has 2 aromatic carbocycles. The molecule has 3 rings (SSSR count). The molecule has 0 aliphatic rings. The first-order chi connectivity index (χ1) is 9.69. The largest absolute Gasteiger partial charge is 0.497 e. The molecule has 3 aromatic rings. The van der Waals surface area contributed by atoms with Crippen molar-refractivity contribution in [1.82, 2.24) is 4.57 Å². The highest BCUT2D eigenvalue weighted by molar-refractivity contribution is 5.94. The first kappa shape index (κ1) is 12.3. The minimum atomic E-state index is -0.479. The Labute approximate surface area is 116 Å². The number of rotatable bonds is 3. The zero-order valence-electron chi connectivity index (χ0n) is 11.0. The quantitative estimate of drug-likeness (QED) is 0.791. The Bertz CT molecular complexity index is 790. The number of carbonyl (C=O) groups excluding carboxylic acids is 1. The molecule has 0 bridgehead atoms. The van der Waals surface area contributed by atoms with Gasteiger partial charge in [0.15, 0.2) is 0 Å². The average molecular weight is 265 g/mol. The lowest BCUT2D eigenvalue weighted by Gasteiger charge is -2.09. The topological polar surface area (TPSA) is 57.2 Å². The number of nitrogens with zero attached hydrogens (tertiary/aromatic N) is 1. The van der Waals surface area contributed by atoms with E-state index in [4.69, 9.17) is 10.5 Å². The Hall–Kier alpha value is -2.75. The second-order valence-electron chi connectivity index (χ2n) is 4.45. The summed E-state index contributed by atoms with van der Waals surface area (Å²) < 4.78 is 7.20. The van der Waals surface area contributed by atoms with Crippen molar-refractivity contribution < 1.29 is 9.53 Å². The SMILES string of the molecule is COc1cc(C(N)=O)cc(-n2ccc3cc[c]cc32)c1. The van der Waals surface area contributed by atoms with Crippen LogP contribution in [0.3, 0.4) is 0 Å². The third-order valence-electron chi connectivity index (χ3n) is 3.23. The molecule has 0 saturated carbocycles. The molecule has 0 atom stereocenters. The molecule has 2 N–H and O–H groups in total. The van der Waals surface area contributed by atoms with Crippen molar-refractivity contribution in [3.8, 4) is 11.4 Å². The van der Waals surface area contributed by atoms with E-state index in [1.807, 2.05) is 41.1 Å². The molecule has 4 heteroatoms. The maximum absolute atomic E-state index is 11.4. The minimum Gasteiger partial charge on any atom is -0.497 e. The van der Waals surface area contributed by atoms with Gasteiger partial charge in [0.25, 0.3) is 0 Å². The molecule has 1 heterocycles. The molecular formula is C16H13N2O2. The number of hydrogen-bond acceptors (Lipinski definition) is 2. The normalized spacial score (nSPS) is 10.7. The van der Waals surface area contributed by atoms with E-state index in [2.05, 4.69) is 6.07 Å². The van der Waals surface area contributed by atoms with E-state index >= 15 is 0 Å². The Balaban J connectivity index is 2.23. The van der Waals surface area contributed by atoms with Crippen LogP contribution < -0.4 is 10.5 Å². The lowest BCUT2D eigenvalue weighted by molar-refractivity contribution is 0.1000. The molecule has 0 aliphatic heterocycles. The van der Waals surface area contributed by atoms with Crippen molar-refractivity contribution in [2.45, 2.75) is 0 Å². The number of hydrogen-bond donors (Lipinski definition) is 1. The van der Waals surface area contributed by atoms with Crippen LogP contribution in [-0.4, -0.2) is 17.6 Å². The van der Waals surface area contributed by atoms with Gasteiger partial charge < -0.3 is 15.0 Å². The van der Waals surface area contributed by atoms with Crippen molar-refractivity contribution in [2.75, 3.05) is 7.11 Å². The lowest BCUT2D eigenvalue weighted by atomic mass is 10.1. The number of primary amides is 1.